The van der Waals surface area contributed by atoms with Gasteiger partial charge in [0.1, 0.15) is 10.7 Å². The van der Waals surface area contributed by atoms with E-state index in [0.29, 0.717) is 6.42 Å². The van der Waals surface area contributed by atoms with Gasteiger partial charge in [-0.05, 0) is 11.6 Å². The van der Waals surface area contributed by atoms with Crippen molar-refractivity contribution in [3.63, 3.8) is 0 Å². The molecule has 0 saturated carbocycles. The number of pyridine rings is 1. The first-order chi connectivity index (χ1) is 11.0. The molecule has 2 heterocycles. The van der Waals surface area contributed by atoms with E-state index in [1.54, 1.807) is 6.20 Å². The van der Waals surface area contributed by atoms with Gasteiger partial charge in [-0.1, -0.05) is 30.3 Å². The minimum absolute atomic E-state index is 0.236. The molecule has 0 aliphatic heterocycles. The number of sulfonamides is 1. The lowest BCUT2D eigenvalue weighted by molar-refractivity contribution is 0.592. The van der Waals surface area contributed by atoms with Crippen molar-refractivity contribution in [2.45, 2.75) is 11.3 Å². The number of aromatic nitrogens is 2. The van der Waals surface area contributed by atoms with Crippen molar-refractivity contribution >= 4 is 26.5 Å². The second-order valence-corrected chi connectivity index (χ2v) is 7.54. The number of hydrogen-bond acceptors (Lipinski definition) is 5. The van der Waals surface area contributed by atoms with Gasteiger partial charge in [0.25, 0.3) is 10.0 Å². The third kappa shape index (κ3) is 3.91. The fraction of sp³-hybridized carbons (Fsp3) is 0.0667. The maximum absolute atomic E-state index is 13.1. The first-order valence-corrected chi connectivity index (χ1v) is 8.95. The van der Waals surface area contributed by atoms with Crippen LogP contribution in [0.5, 0.6) is 0 Å². The number of nitrogens with one attached hydrogen (secondary N) is 1. The van der Waals surface area contributed by atoms with Crippen molar-refractivity contribution < 1.29 is 12.8 Å². The summed E-state index contributed by atoms with van der Waals surface area (Å²) in [5.41, 5.74) is 1.11. The summed E-state index contributed by atoms with van der Waals surface area (Å²) in [5, 5.41) is 0.236. The van der Waals surface area contributed by atoms with Crippen LogP contribution in [0.15, 0.2) is 59.9 Å². The zero-order valence-corrected chi connectivity index (χ0v) is 13.4. The second-order valence-electron chi connectivity index (χ2n) is 4.74. The fourth-order valence-electron chi connectivity index (χ4n) is 1.95. The van der Waals surface area contributed by atoms with Crippen molar-refractivity contribution in [3.05, 3.63) is 71.2 Å². The maximum Gasteiger partial charge on any atom is 0.265 e. The summed E-state index contributed by atoms with van der Waals surface area (Å²) in [6.45, 7) is 0. The van der Waals surface area contributed by atoms with Gasteiger partial charge in [-0.3, -0.25) is 9.71 Å². The number of rotatable bonds is 5. The third-order valence-electron chi connectivity index (χ3n) is 2.99. The smallest absolute Gasteiger partial charge is 0.260 e. The molecule has 0 saturated heterocycles. The normalized spacial score (nSPS) is 11.3. The molecule has 0 radical (unpaired) electrons. The van der Waals surface area contributed by atoms with Crippen molar-refractivity contribution in [3.8, 4) is 0 Å². The summed E-state index contributed by atoms with van der Waals surface area (Å²) in [4.78, 5) is 8.29. The van der Waals surface area contributed by atoms with E-state index in [-0.39, 0.29) is 10.0 Å². The third-order valence-corrected chi connectivity index (χ3v) is 5.33. The minimum atomic E-state index is -3.90. The molecule has 0 aliphatic rings. The van der Waals surface area contributed by atoms with Gasteiger partial charge in [0.05, 0.1) is 6.20 Å². The van der Waals surface area contributed by atoms with Crippen LogP contribution in [0.3, 0.4) is 0 Å². The van der Waals surface area contributed by atoms with Gasteiger partial charge in [0.2, 0.25) is 0 Å². The molecule has 8 heteroatoms. The molecule has 0 atom stereocenters. The van der Waals surface area contributed by atoms with Gasteiger partial charge in [-0.2, -0.15) is 0 Å². The summed E-state index contributed by atoms with van der Waals surface area (Å²) in [5.74, 6) is -0.711. The Hall–Kier alpha value is -2.32. The Morgan fingerprint density at radius 2 is 1.91 bits per heavy atom. The Bertz CT molecular complexity index is 911. The Kier molecular flexibility index (Phi) is 4.35. The van der Waals surface area contributed by atoms with Crippen LogP contribution in [0.1, 0.15) is 10.4 Å². The van der Waals surface area contributed by atoms with E-state index in [1.807, 2.05) is 30.3 Å². The molecule has 5 nitrogen and oxygen atoms in total. The monoisotopic (exact) mass is 349 g/mol. The van der Waals surface area contributed by atoms with Crippen LogP contribution < -0.4 is 4.72 Å². The van der Waals surface area contributed by atoms with Gasteiger partial charge in [0.15, 0.2) is 5.13 Å². The van der Waals surface area contributed by atoms with Crippen molar-refractivity contribution in [1.29, 1.82) is 0 Å². The van der Waals surface area contributed by atoms with Crippen LogP contribution in [0.25, 0.3) is 0 Å². The molecular weight excluding hydrogens is 337 g/mol. The Morgan fingerprint density at radius 3 is 2.65 bits per heavy atom. The van der Waals surface area contributed by atoms with Gasteiger partial charge >= 0.3 is 0 Å². The van der Waals surface area contributed by atoms with Crippen LogP contribution in [-0.4, -0.2) is 18.4 Å². The molecule has 0 spiro atoms. The number of thiazole rings is 1. The highest BCUT2D eigenvalue weighted by atomic mass is 32.2. The molecule has 3 rings (SSSR count). The lowest BCUT2D eigenvalue weighted by Gasteiger charge is -2.04. The largest absolute Gasteiger partial charge is 0.265 e. The average molecular weight is 349 g/mol. The summed E-state index contributed by atoms with van der Waals surface area (Å²) in [6.07, 6.45) is 4.32. The molecule has 118 valence electrons. The van der Waals surface area contributed by atoms with Crippen LogP contribution >= 0.6 is 11.3 Å². The predicted molar refractivity (Wildman–Crippen MR) is 86.4 cm³/mol. The molecule has 0 aliphatic carbocycles. The minimum Gasteiger partial charge on any atom is -0.260 e. The molecule has 1 aromatic carbocycles. The number of halogens is 1. The first-order valence-electron chi connectivity index (χ1n) is 6.65. The zero-order valence-electron chi connectivity index (χ0n) is 11.8. The van der Waals surface area contributed by atoms with Gasteiger partial charge < -0.3 is 0 Å². The average Bonchev–Trinajstić information content (AvgIpc) is 2.94. The molecule has 0 unspecified atom stereocenters. The Morgan fingerprint density at radius 1 is 1.13 bits per heavy atom. The molecule has 2 aromatic heterocycles. The standard InChI is InChI=1S/C15H12FN3O2S2/c16-12-7-14(10-17-8-12)23(20,21)19-15-18-9-13(22-15)6-11-4-2-1-3-5-11/h1-5,7-10H,6H2,(H,18,19). The van der Waals surface area contributed by atoms with E-state index in [1.165, 1.54) is 11.3 Å². The molecule has 0 bridgehead atoms. The highest BCUT2D eigenvalue weighted by molar-refractivity contribution is 7.93. The van der Waals surface area contributed by atoms with Crippen molar-refractivity contribution in [2.75, 3.05) is 4.72 Å². The fourth-order valence-corrected chi connectivity index (χ4v) is 4.01. The Labute approximate surface area is 136 Å². The highest BCUT2D eigenvalue weighted by Crippen LogP contribution is 2.23. The summed E-state index contributed by atoms with van der Waals surface area (Å²) in [7, 11) is -3.90. The van der Waals surface area contributed by atoms with Crippen LogP contribution in [0.4, 0.5) is 9.52 Å². The van der Waals surface area contributed by atoms with Crippen molar-refractivity contribution in [2.24, 2.45) is 0 Å². The van der Waals surface area contributed by atoms with E-state index in [9.17, 15) is 12.8 Å². The Balaban J connectivity index is 1.76. The topological polar surface area (TPSA) is 72.0 Å². The molecule has 1 N–H and O–H groups in total. The van der Waals surface area contributed by atoms with Crippen LogP contribution in [0, 0.1) is 5.82 Å². The van der Waals surface area contributed by atoms with E-state index < -0.39 is 15.8 Å². The quantitative estimate of drug-likeness (QED) is 0.768. The molecule has 0 amide bonds. The summed E-state index contributed by atoms with van der Waals surface area (Å²) >= 11 is 1.24. The van der Waals surface area contributed by atoms with Gasteiger partial charge in [-0.25, -0.2) is 17.8 Å². The van der Waals surface area contributed by atoms with Crippen LogP contribution in [0.2, 0.25) is 0 Å². The van der Waals surface area contributed by atoms with Gasteiger partial charge in [-0.15, -0.1) is 11.3 Å². The van der Waals surface area contributed by atoms with E-state index in [4.69, 9.17) is 0 Å². The van der Waals surface area contributed by atoms with E-state index in [0.717, 1.165) is 28.9 Å². The summed E-state index contributed by atoms with van der Waals surface area (Å²) < 4.78 is 39.8. The van der Waals surface area contributed by atoms with E-state index in [2.05, 4.69) is 14.7 Å². The maximum atomic E-state index is 13.1. The molecule has 23 heavy (non-hydrogen) atoms. The lowest BCUT2D eigenvalue weighted by Crippen LogP contribution is -2.13. The summed E-state index contributed by atoms with van der Waals surface area (Å²) in [6, 6.07) is 10.7. The van der Waals surface area contributed by atoms with Crippen molar-refractivity contribution in [1.82, 2.24) is 9.97 Å². The number of benzene rings is 1. The van der Waals surface area contributed by atoms with E-state index >= 15 is 0 Å². The zero-order chi connectivity index (χ0) is 16.3. The second kappa shape index (κ2) is 6.43. The number of hydrogen-bond donors (Lipinski definition) is 1. The molecule has 0 fully saturated rings. The molecule has 3 aromatic rings. The van der Waals surface area contributed by atoms with Crippen LogP contribution in [-0.2, 0) is 16.4 Å². The number of anilines is 1. The highest BCUT2D eigenvalue weighted by Gasteiger charge is 2.17. The lowest BCUT2D eigenvalue weighted by atomic mass is 10.1. The predicted octanol–water partition coefficient (Wildman–Crippen LogP) is 3.07. The number of nitrogens with zero attached hydrogens (tertiary/aromatic N) is 2. The first kappa shape index (κ1) is 15.6. The SMILES string of the molecule is O=S(=O)(Nc1ncc(Cc2ccccc2)s1)c1cncc(F)c1. The van der Waals surface area contributed by atoms with Gasteiger partial charge in [0, 0.05) is 23.7 Å². The molecular formula is C15H12FN3O2S2.